The number of nitrogens with two attached hydrogens (primary N) is 1. The Hall–Kier alpha value is -0.930. The van der Waals surface area contributed by atoms with Gasteiger partial charge in [-0.15, -0.1) is 0 Å². The van der Waals surface area contributed by atoms with E-state index in [1.54, 1.807) is 4.31 Å². The summed E-state index contributed by atoms with van der Waals surface area (Å²) < 4.78 is 29.6. The monoisotopic (exact) mass is 289 g/mol. The summed E-state index contributed by atoms with van der Waals surface area (Å²) in [5.74, 6) is 0.281. The second kappa shape index (κ2) is 4.32. The predicted molar refractivity (Wildman–Crippen MR) is 70.0 cm³/mol. The minimum Gasteiger partial charge on any atom is -0.367 e. The summed E-state index contributed by atoms with van der Waals surface area (Å²) in [6.45, 7) is 2.36. The fourth-order valence-electron chi connectivity index (χ4n) is 2.07. The highest BCUT2D eigenvalue weighted by atomic mass is 32.2. The fourth-order valence-corrected chi connectivity index (χ4v) is 4.54. The third-order valence-electron chi connectivity index (χ3n) is 3.25. The number of hydrogen-bond acceptors (Lipinski definition) is 7. The van der Waals surface area contributed by atoms with Crippen molar-refractivity contribution in [3.8, 4) is 0 Å². The van der Waals surface area contributed by atoms with Crippen molar-refractivity contribution in [1.29, 1.82) is 0 Å². The Balaban J connectivity index is 1.64. The van der Waals surface area contributed by atoms with Gasteiger partial charge in [0.25, 0.3) is 0 Å². The Kier molecular flexibility index (Phi) is 2.91. The maximum atomic E-state index is 12.1. The molecule has 100 valence electrons. The third-order valence-corrected chi connectivity index (χ3v) is 6.44. The Bertz CT molecular complexity index is 531. The lowest BCUT2D eigenvalue weighted by atomic mass is 10.4. The summed E-state index contributed by atoms with van der Waals surface area (Å²) in [6.07, 6.45) is 1.63. The zero-order valence-corrected chi connectivity index (χ0v) is 11.5. The van der Waals surface area contributed by atoms with Gasteiger partial charge < -0.3 is 10.6 Å². The predicted octanol–water partition coefficient (Wildman–Crippen LogP) is -0.266. The van der Waals surface area contributed by atoms with Crippen molar-refractivity contribution in [1.82, 2.24) is 13.7 Å². The third kappa shape index (κ3) is 2.17. The van der Waals surface area contributed by atoms with E-state index in [9.17, 15) is 8.42 Å². The van der Waals surface area contributed by atoms with Gasteiger partial charge in [0.2, 0.25) is 21.1 Å². The van der Waals surface area contributed by atoms with Crippen LogP contribution in [0.25, 0.3) is 0 Å². The molecule has 1 aromatic rings. The highest BCUT2D eigenvalue weighted by Crippen LogP contribution is 2.31. The molecule has 2 aliphatic rings. The minimum absolute atomic E-state index is 0.124. The molecule has 1 aliphatic carbocycles. The first-order valence-corrected chi connectivity index (χ1v) is 8.18. The fraction of sp³-hybridized carbons (Fsp3) is 0.778. The van der Waals surface area contributed by atoms with Crippen LogP contribution in [0.2, 0.25) is 0 Å². The molecule has 0 aromatic carbocycles. The average Bonchev–Trinajstić information content (AvgIpc) is 3.13. The largest absolute Gasteiger partial charge is 0.367 e. The van der Waals surface area contributed by atoms with Gasteiger partial charge in [-0.3, -0.25) is 0 Å². The van der Waals surface area contributed by atoms with Crippen LogP contribution < -0.4 is 10.6 Å². The van der Waals surface area contributed by atoms with Crippen molar-refractivity contribution >= 4 is 32.6 Å². The molecule has 18 heavy (non-hydrogen) atoms. The molecule has 2 fully saturated rings. The molecular weight excluding hydrogens is 274 g/mol. The van der Waals surface area contributed by atoms with Crippen molar-refractivity contribution in [3.05, 3.63) is 0 Å². The highest BCUT2D eigenvalue weighted by Gasteiger charge is 2.41. The van der Waals surface area contributed by atoms with E-state index < -0.39 is 10.0 Å². The molecule has 7 nitrogen and oxygen atoms in total. The average molecular weight is 289 g/mol. The standard InChI is InChI=1S/C9H15N5O2S2/c10-8-11-9(17-12-8)13-3-5-14(6-4-13)18(15,16)7-1-2-7/h7H,1-6H2,(H2,10,12). The Morgan fingerprint density at radius 1 is 1.22 bits per heavy atom. The normalized spacial score (nSPS) is 22.3. The molecule has 0 spiro atoms. The number of rotatable bonds is 3. The molecule has 2 N–H and O–H groups in total. The lowest BCUT2D eigenvalue weighted by Gasteiger charge is -2.33. The van der Waals surface area contributed by atoms with E-state index in [0.717, 1.165) is 18.0 Å². The number of hydrogen-bond donors (Lipinski definition) is 1. The van der Waals surface area contributed by atoms with Crippen LogP contribution in [-0.4, -0.2) is 53.5 Å². The van der Waals surface area contributed by atoms with Crippen molar-refractivity contribution in [2.24, 2.45) is 0 Å². The van der Waals surface area contributed by atoms with Gasteiger partial charge in [0.05, 0.1) is 5.25 Å². The molecule has 0 unspecified atom stereocenters. The van der Waals surface area contributed by atoms with E-state index in [0.29, 0.717) is 26.2 Å². The van der Waals surface area contributed by atoms with Crippen molar-refractivity contribution in [2.75, 3.05) is 36.8 Å². The Morgan fingerprint density at radius 2 is 1.89 bits per heavy atom. The summed E-state index contributed by atoms with van der Waals surface area (Å²) >= 11 is 1.26. The van der Waals surface area contributed by atoms with Gasteiger partial charge >= 0.3 is 0 Å². The maximum absolute atomic E-state index is 12.1. The molecule has 0 bridgehead atoms. The van der Waals surface area contributed by atoms with Crippen molar-refractivity contribution in [3.63, 3.8) is 0 Å². The molecule has 1 saturated heterocycles. The van der Waals surface area contributed by atoms with Crippen LogP contribution in [0.1, 0.15) is 12.8 Å². The van der Waals surface area contributed by atoms with Crippen molar-refractivity contribution < 1.29 is 8.42 Å². The van der Waals surface area contributed by atoms with Crippen LogP contribution in [0, 0.1) is 0 Å². The number of aromatic nitrogens is 2. The molecule has 0 amide bonds. The molecule has 1 aromatic heterocycles. The van der Waals surface area contributed by atoms with Crippen LogP contribution in [0.4, 0.5) is 11.1 Å². The van der Waals surface area contributed by atoms with Crippen LogP contribution in [0.15, 0.2) is 0 Å². The SMILES string of the molecule is Nc1nsc(N2CCN(S(=O)(=O)C3CC3)CC2)n1. The van der Waals surface area contributed by atoms with E-state index in [-0.39, 0.29) is 11.2 Å². The molecule has 0 radical (unpaired) electrons. The Labute approximate surface area is 110 Å². The molecule has 2 heterocycles. The molecule has 3 rings (SSSR count). The van der Waals surface area contributed by atoms with Gasteiger partial charge in [-0.2, -0.15) is 13.7 Å². The number of nitrogens with zero attached hydrogens (tertiary/aromatic N) is 4. The number of anilines is 2. The molecular formula is C9H15N5O2S2. The first-order valence-electron chi connectivity index (χ1n) is 5.90. The van der Waals surface area contributed by atoms with Gasteiger partial charge in [-0.25, -0.2) is 8.42 Å². The molecule has 0 atom stereocenters. The smallest absolute Gasteiger partial charge is 0.233 e. The number of piperazine rings is 1. The van der Waals surface area contributed by atoms with Crippen LogP contribution in [0.3, 0.4) is 0 Å². The summed E-state index contributed by atoms with van der Waals surface area (Å²) in [5, 5.41) is 0.650. The maximum Gasteiger partial charge on any atom is 0.233 e. The zero-order chi connectivity index (χ0) is 12.8. The summed E-state index contributed by atoms with van der Waals surface area (Å²) in [4.78, 5) is 6.15. The van der Waals surface area contributed by atoms with Crippen LogP contribution >= 0.6 is 11.5 Å². The molecule has 9 heteroatoms. The van der Waals surface area contributed by atoms with E-state index in [1.165, 1.54) is 11.5 Å². The second-order valence-electron chi connectivity index (χ2n) is 4.57. The Morgan fingerprint density at radius 3 is 2.39 bits per heavy atom. The first-order chi connectivity index (χ1) is 8.57. The van der Waals surface area contributed by atoms with Gasteiger partial charge in [-0.05, 0) is 12.8 Å². The van der Waals surface area contributed by atoms with E-state index >= 15 is 0 Å². The van der Waals surface area contributed by atoms with Gasteiger partial charge in [0.1, 0.15) is 0 Å². The van der Waals surface area contributed by atoms with Gasteiger partial charge in [0.15, 0.2) is 0 Å². The zero-order valence-electron chi connectivity index (χ0n) is 9.82. The van der Waals surface area contributed by atoms with Crippen molar-refractivity contribution in [2.45, 2.75) is 18.1 Å². The van der Waals surface area contributed by atoms with Crippen LogP contribution in [-0.2, 0) is 10.0 Å². The topological polar surface area (TPSA) is 92.4 Å². The van der Waals surface area contributed by atoms with Gasteiger partial charge in [-0.1, -0.05) is 0 Å². The number of sulfonamides is 1. The van der Waals surface area contributed by atoms with Crippen LogP contribution in [0.5, 0.6) is 0 Å². The summed E-state index contributed by atoms with van der Waals surface area (Å²) in [6, 6.07) is 0. The van der Waals surface area contributed by atoms with E-state index in [1.807, 2.05) is 4.90 Å². The molecule has 1 saturated carbocycles. The number of nitrogen functional groups attached to an aromatic ring is 1. The lowest BCUT2D eigenvalue weighted by molar-refractivity contribution is 0.384. The van der Waals surface area contributed by atoms with Gasteiger partial charge in [0, 0.05) is 37.7 Å². The van der Waals surface area contributed by atoms with E-state index in [2.05, 4.69) is 9.36 Å². The summed E-state index contributed by atoms with van der Waals surface area (Å²) in [5.41, 5.74) is 5.49. The second-order valence-corrected chi connectivity index (χ2v) is 7.51. The quantitative estimate of drug-likeness (QED) is 0.824. The first kappa shape index (κ1) is 12.1. The summed E-state index contributed by atoms with van der Waals surface area (Å²) in [7, 11) is -3.04. The van der Waals surface area contributed by atoms with E-state index in [4.69, 9.17) is 5.73 Å². The lowest BCUT2D eigenvalue weighted by Crippen LogP contribution is -2.49. The minimum atomic E-state index is -3.04. The molecule has 1 aliphatic heterocycles. The highest BCUT2D eigenvalue weighted by molar-refractivity contribution is 7.90.